The van der Waals surface area contributed by atoms with Crippen LogP contribution in [0.4, 0.5) is 0 Å². The van der Waals surface area contributed by atoms with Crippen molar-refractivity contribution in [3.63, 3.8) is 0 Å². The number of carbonyl (C=O) groups excluding carboxylic acids is 3. The van der Waals surface area contributed by atoms with E-state index < -0.39 is 23.0 Å². The van der Waals surface area contributed by atoms with Crippen LogP contribution in [0.25, 0.3) is 0 Å². The fourth-order valence-corrected chi connectivity index (χ4v) is 4.98. The smallest absolute Gasteiger partial charge is 0.251 e. The minimum absolute atomic E-state index is 0.0286. The number of piperidine rings is 1. The predicted octanol–water partition coefficient (Wildman–Crippen LogP) is 4.38. The average molecular weight is 528 g/mol. The summed E-state index contributed by atoms with van der Waals surface area (Å²) in [4.78, 5) is 40.9. The minimum Gasteiger partial charge on any atom is -0.384 e. The van der Waals surface area contributed by atoms with Gasteiger partial charge in [0.05, 0.1) is 5.60 Å². The topological polar surface area (TPSA) is 98.7 Å². The fourth-order valence-electron chi connectivity index (χ4n) is 4.85. The molecule has 2 atom stereocenters. The van der Waals surface area contributed by atoms with E-state index in [9.17, 15) is 19.5 Å². The quantitative estimate of drug-likeness (QED) is 0.497. The summed E-state index contributed by atoms with van der Waals surface area (Å²) >= 11 is 6.04. The van der Waals surface area contributed by atoms with E-state index in [-0.39, 0.29) is 23.8 Å². The van der Waals surface area contributed by atoms with Gasteiger partial charge in [0.2, 0.25) is 5.91 Å². The van der Waals surface area contributed by atoms with Gasteiger partial charge >= 0.3 is 0 Å². The van der Waals surface area contributed by atoms with E-state index in [2.05, 4.69) is 10.6 Å². The highest BCUT2D eigenvalue weighted by atomic mass is 35.5. The van der Waals surface area contributed by atoms with Gasteiger partial charge in [-0.1, -0.05) is 57.5 Å². The van der Waals surface area contributed by atoms with Gasteiger partial charge in [-0.3, -0.25) is 14.4 Å². The molecule has 0 spiro atoms. The molecule has 2 aromatic carbocycles. The highest BCUT2D eigenvalue weighted by Crippen LogP contribution is 2.46. The van der Waals surface area contributed by atoms with Crippen molar-refractivity contribution >= 4 is 29.3 Å². The molecule has 3 N–H and O–H groups in total. The van der Waals surface area contributed by atoms with Gasteiger partial charge in [0.15, 0.2) is 0 Å². The molecule has 1 saturated heterocycles. The zero-order chi connectivity index (χ0) is 27.5. The first-order valence-corrected chi connectivity index (χ1v) is 13.1. The Bertz CT molecular complexity index is 1150. The van der Waals surface area contributed by atoms with Gasteiger partial charge in [0.25, 0.3) is 11.8 Å². The van der Waals surface area contributed by atoms with Crippen molar-refractivity contribution in [2.75, 3.05) is 13.1 Å². The first-order chi connectivity index (χ1) is 17.2. The second-order valence-electron chi connectivity index (χ2n) is 11.2. The molecule has 200 valence electrons. The normalized spacial score (nSPS) is 20.0. The average Bonchev–Trinajstić information content (AvgIpc) is 2.83. The lowest BCUT2D eigenvalue weighted by Crippen LogP contribution is -2.60. The molecule has 3 rings (SSSR count). The van der Waals surface area contributed by atoms with Crippen LogP contribution in [0.2, 0.25) is 5.02 Å². The third-order valence-electron chi connectivity index (χ3n) is 7.11. The summed E-state index contributed by atoms with van der Waals surface area (Å²) in [5, 5.41) is 17.9. The summed E-state index contributed by atoms with van der Waals surface area (Å²) < 4.78 is 0. The van der Waals surface area contributed by atoms with Crippen molar-refractivity contribution in [2.45, 2.75) is 65.6 Å². The number of nitrogens with one attached hydrogen (secondary N) is 2. The number of aliphatic hydroxyl groups is 1. The maximum absolute atomic E-state index is 13.6. The van der Waals surface area contributed by atoms with Crippen molar-refractivity contribution in [3.8, 4) is 0 Å². The van der Waals surface area contributed by atoms with E-state index >= 15 is 0 Å². The molecule has 0 unspecified atom stereocenters. The van der Waals surface area contributed by atoms with E-state index in [0.717, 1.165) is 5.56 Å². The molecule has 8 heteroatoms. The van der Waals surface area contributed by atoms with Crippen LogP contribution in [0.1, 0.15) is 74.2 Å². The number of hydrogen-bond donors (Lipinski definition) is 3. The Morgan fingerprint density at radius 2 is 1.51 bits per heavy atom. The third-order valence-corrected chi connectivity index (χ3v) is 7.36. The maximum atomic E-state index is 13.6. The number of hydrogen-bond acceptors (Lipinski definition) is 4. The molecule has 1 heterocycles. The van der Waals surface area contributed by atoms with Crippen molar-refractivity contribution in [1.82, 2.24) is 15.5 Å². The zero-order valence-corrected chi connectivity index (χ0v) is 23.2. The molecule has 1 aliphatic rings. The molecular weight excluding hydrogens is 490 g/mol. The van der Waals surface area contributed by atoms with Gasteiger partial charge in [-0.15, -0.1) is 0 Å². The summed E-state index contributed by atoms with van der Waals surface area (Å²) in [6.45, 7) is 12.1. The molecule has 3 amide bonds. The standard InChI is InChI=1S/C29H38ClN3O4/c1-18(2)24(32-26(35)21-9-7-8-20(16-21)25(34)31-19(3)4)27(36)33-15-14-29(37,28(5,6)17-33)22-10-12-23(30)13-11-22/h7-13,16,18-19,24,37H,14-15,17H2,1-6H3,(H,31,34)(H,32,35)/t24-,29+/m1/s1. The molecule has 37 heavy (non-hydrogen) atoms. The molecular formula is C29H38ClN3O4. The summed E-state index contributed by atoms with van der Waals surface area (Å²) in [5.41, 5.74) is -0.302. The number of halogens is 1. The Balaban J connectivity index is 1.75. The maximum Gasteiger partial charge on any atom is 0.251 e. The zero-order valence-electron chi connectivity index (χ0n) is 22.5. The van der Waals surface area contributed by atoms with Gasteiger partial charge in [0.1, 0.15) is 6.04 Å². The summed E-state index contributed by atoms with van der Waals surface area (Å²) in [7, 11) is 0. The first-order valence-electron chi connectivity index (χ1n) is 12.7. The number of carbonyl (C=O) groups is 3. The number of rotatable bonds is 7. The largest absolute Gasteiger partial charge is 0.384 e. The Morgan fingerprint density at radius 3 is 2.03 bits per heavy atom. The molecule has 0 radical (unpaired) electrons. The van der Waals surface area contributed by atoms with Crippen LogP contribution >= 0.6 is 11.6 Å². The van der Waals surface area contributed by atoms with Crippen LogP contribution in [0.15, 0.2) is 48.5 Å². The van der Waals surface area contributed by atoms with Crippen molar-refractivity contribution < 1.29 is 19.5 Å². The van der Waals surface area contributed by atoms with Crippen LogP contribution in [-0.4, -0.2) is 52.9 Å². The Labute approximate surface area is 224 Å². The predicted molar refractivity (Wildman–Crippen MR) is 145 cm³/mol. The van der Waals surface area contributed by atoms with E-state index in [1.807, 2.05) is 53.7 Å². The van der Waals surface area contributed by atoms with Gasteiger partial charge < -0.3 is 20.6 Å². The second-order valence-corrected chi connectivity index (χ2v) is 11.6. The number of amides is 3. The van der Waals surface area contributed by atoms with Gasteiger partial charge in [0, 0.05) is 40.7 Å². The number of benzene rings is 2. The second kappa shape index (κ2) is 11.2. The minimum atomic E-state index is -1.12. The summed E-state index contributed by atoms with van der Waals surface area (Å²) in [6, 6.07) is 12.9. The van der Waals surface area contributed by atoms with Gasteiger partial charge in [-0.05, 0) is 62.1 Å². The Kier molecular flexibility index (Phi) is 8.70. The molecule has 1 fully saturated rings. The monoisotopic (exact) mass is 527 g/mol. The molecule has 1 aliphatic heterocycles. The molecule has 0 aliphatic carbocycles. The SMILES string of the molecule is CC(C)NC(=O)c1cccc(C(=O)N[C@@H](C(=O)N2CC[C@](O)(c3ccc(Cl)cc3)C(C)(C)C2)C(C)C)c1. The molecule has 7 nitrogen and oxygen atoms in total. The highest BCUT2D eigenvalue weighted by Gasteiger charge is 2.50. The molecule has 2 aromatic rings. The van der Waals surface area contributed by atoms with Crippen LogP contribution in [0.3, 0.4) is 0 Å². The van der Waals surface area contributed by atoms with Crippen molar-refractivity contribution in [2.24, 2.45) is 11.3 Å². The van der Waals surface area contributed by atoms with E-state index in [0.29, 0.717) is 35.7 Å². The summed E-state index contributed by atoms with van der Waals surface area (Å²) in [5.74, 6) is -1.03. The van der Waals surface area contributed by atoms with E-state index in [1.165, 1.54) is 6.07 Å². The Hall–Kier alpha value is -2.90. The Morgan fingerprint density at radius 1 is 0.946 bits per heavy atom. The van der Waals surface area contributed by atoms with Crippen LogP contribution in [0.5, 0.6) is 0 Å². The lowest BCUT2D eigenvalue weighted by atomic mass is 9.66. The van der Waals surface area contributed by atoms with Gasteiger partial charge in [-0.25, -0.2) is 0 Å². The van der Waals surface area contributed by atoms with Crippen molar-refractivity contribution in [3.05, 3.63) is 70.2 Å². The highest BCUT2D eigenvalue weighted by molar-refractivity contribution is 6.30. The fraction of sp³-hybridized carbons (Fsp3) is 0.483. The van der Waals surface area contributed by atoms with Gasteiger partial charge in [-0.2, -0.15) is 0 Å². The molecule has 0 bridgehead atoms. The number of nitrogens with zero attached hydrogens (tertiary/aromatic N) is 1. The number of likely N-dealkylation sites (tertiary alicyclic amines) is 1. The van der Waals surface area contributed by atoms with Crippen molar-refractivity contribution in [1.29, 1.82) is 0 Å². The lowest BCUT2D eigenvalue weighted by molar-refractivity contribution is -0.155. The van der Waals surface area contributed by atoms with E-state index in [1.54, 1.807) is 35.2 Å². The van der Waals surface area contributed by atoms with Crippen LogP contribution in [-0.2, 0) is 10.4 Å². The van der Waals surface area contributed by atoms with E-state index in [4.69, 9.17) is 11.6 Å². The van der Waals surface area contributed by atoms with Crippen LogP contribution < -0.4 is 10.6 Å². The molecule has 0 saturated carbocycles. The van der Waals surface area contributed by atoms with Crippen LogP contribution in [0, 0.1) is 11.3 Å². The lowest BCUT2D eigenvalue weighted by Gasteiger charge is -2.51. The molecule has 0 aromatic heterocycles. The summed E-state index contributed by atoms with van der Waals surface area (Å²) in [6.07, 6.45) is 0.360. The first kappa shape index (κ1) is 28.7. The third kappa shape index (κ3) is 6.33.